The Kier molecular flexibility index (Phi) is 6.91. The number of hydrogen-bond donors (Lipinski definition) is 1. The first kappa shape index (κ1) is 20.9. The summed E-state index contributed by atoms with van der Waals surface area (Å²) in [5, 5.41) is 2.88. The number of benzene rings is 2. The van der Waals surface area contributed by atoms with Gasteiger partial charge in [-0.25, -0.2) is 0 Å². The van der Waals surface area contributed by atoms with Gasteiger partial charge in [-0.3, -0.25) is 9.59 Å². The lowest BCUT2D eigenvalue weighted by Gasteiger charge is -2.20. The van der Waals surface area contributed by atoms with Crippen LogP contribution in [0, 0.1) is 0 Å². The van der Waals surface area contributed by atoms with E-state index in [-0.39, 0.29) is 11.8 Å². The zero-order valence-corrected chi connectivity index (χ0v) is 17.5. The van der Waals surface area contributed by atoms with Crippen LogP contribution in [0.25, 0.3) is 0 Å². The Bertz CT molecular complexity index is 859. The maximum Gasteiger partial charge on any atom is 0.265 e. The van der Waals surface area contributed by atoms with Gasteiger partial charge in [-0.2, -0.15) is 0 Å². The standard InChI is InChI=1S/C24H30N2O3/c1-4-17(2)21-12-5-6-13-22(21)29-18(3)23(27)25-20-11-9-10-19(16-20)24(28)26-14-7-8-15-26/h5-6,9-13,16-18H,4,7-8,14-15H2,1-3H3,(H,25,27). The van der Waals surface area contributed by atoms with E-state index in [9.17, 15) is 9.59 Å². The Morgan fingerprint density at radius 1 is 1.07 bits per heavy atom. The summed E-state index contributed by atoms with van der Waals surface area (Å²) >= 11 is 0. The van der Waals surface area contributed by atoms with Crippen LogP contribution < -0.4 is 10.1 Å². The lowest BCUT2D eigenvalue weighted by Crippen LogP contribution is -2.31. The number of rotatable bonds is 7. The van der Waals surface area contributed by atoms with Crippen LogP contribution in [0.2, 0.25) is 0 Å². The quantitative estimate of drug-likeness (QED) is 0.731. The van der Waals surface area contributed by atoms with E-state index in [4.69, 9.17) is 4.74 Å². The number of para-hydroxylation sites is 1. The molecule has 1 N–H and O–H groups in total. The lowest BCUT2D eigenvalue weighted by molar-refractivity contribution is -0.122. The fraction of sp³-hybridized carbons (Fsp3) is 0.417. The molecule has 2 aromatic carbocycles. The molecule has 154 valence electrons. The summed E-state index contributed by atoms with van der Waals surface area (Å²) in [5.41, 5.74) is 2.30. The van der Waals surface area contributed by atoms with Crippen LogP contribution in [-0.2, 0) is 4.79 Å². The van der Waals surface area contributed by atoms with Crippen molar-refractivity contribution in [2.45, 2.75) is 52.1 Å². The molecule has 0 saturated carbocycles. The summed E-state index contributed by atoms with van der Waals surface area (Å²) in [4.78, 5) is 27.1. The van der Waals surface area contributed by atoms with Crippen molar-refractivity contribution in [3.05, 3.63) is 59.7 Å². The predicted molar refractivity (Wildman–Crippen MR) is 115 cm³/mol. The van der Waals surface area contributed by atoms with Gasteiger partial charge in [0, 0.05) is 24.3 Å². The van der Waals surface area contributed by atoms with Crippen LogP contribution in [0.3, 0.4) is 0 Å². The molecule has 0 aromatic heterocycles. The molecule has 0 spiro atoms. The summed E-state index contributed by atoms with van der Waals surface area (Å²) in [5.74, 6) is 0.873. The van der Waals surface area contributed by atoms with E-state index in [0.29, 0.717) is 17.2 Å². The molecule has 2 unspecified atom stereocenters. The zero-order chi connectivity index (χ0) is 20.8. The number of nitrogens with zero attached hydrogens (tertiary/aromatic N) is 1. The van der Waals surface area contributed by atoms with Gasteiger partial charge in [0.1, 0.15) is 5.75 Å². The van der Waals surface area contributed by atoms with Gasteiger partial charge >= 0.3 is 0 Å². The number of nitrogens with one attached hydrogen (secondary N) is 1. The molecule has 0 bridgehead atoms. The van der Waals surface area contributed by atoms with E-state index >= 15 is 0 Å². The van der Waals surface area contributed by atoms with Crippen molar-refractivity contribution in [2.24, 2.45) is 0 Å². The number of ether oxygens (including phenoxy) is 1. The molecule has 3 rings (SSSR count). The minimum Gasteiger partial charge on any atom is -0.481 e. The van der Waals surface area contributed by atoms with Crippen molar-refractivity contribution in [1.82, 2.24) is 4.90 Å². The van der Waals surface area contributed by atoms with E-state index in [1.165, 1.54) is 0 Å². The van der Waals surface area contributed by atoms with E-state index < -0.39 is 6.10 Å². The second-order valence-electron chi connectivity index (χ2n) is 7.68. The molecule has 1 aliphatic heterocycles. The van der Waals surface area contributed by atoms with Crippen molar-refractivity contribution in [2.75, 3.05) is 18.4 Å². The Balaban J connectivity index is 1.66. The highest BCUT2D eigenvalue weighted by Gasteiger charge is 2.21. The largest absolute Gasteiger partial charge is 0.481 e. The molecule has 5 heteroatoms. The third-order valence-electron chi connectivity index (χ3n) is 5.51. The minimum atomic E-state index is -0.654. The lowest BCUT2D eigenvalue weighted by atomic mass is 9.98. The Morgan fingerprint density at radius 2 is 1.79 bits per heavy atom. The summed E-state index contributed by atoms with van der Waals surface area (Å²) in [6.07, 6.45) is 2.45. The summed E-state index contributed by atoms with van der Waals surface area (Å²) in [7, 11) is 0. The van der Waals surface area contributed by atoms with Gasteiger partial charge in [-0.1, -0.05) is 38.1 Å². The third-order valence-corrected chi connectivity index (χ3v) is 5.51. The molecule has 5 nitrogen and oxygen atoms in total. The number of amides is 2. The van der Waals surface area contributed by atoms with E-state index in [2.05, 4.69) is 19.2 Å². The second kappa shape index (κ2) is 9.59. The highest BCUT2D eigenvalue weighted by molar-refractivity contribution is 5.98. The van der Waals surface area contributed by atoms with E-state index in [0.717, 1.165) is 43.7 Å². The molecule has 1 aliphatic rings. The SMILES string of the molecule is CCC(C)c1ccccc1OC(C)C(=O)Nc1cccc(C(=O)N2CCCC2)c1. The zero-order valence-electron chi connectivity index (χ0n) is 17.5. The Labute approximate surface area is 173 Å². The number of likely N-dealkylation sites (tertiary alicyclic amines) is 1. The van der Waals surface area contributed by atoms with Crippen molar-refractivity contribution in [3.63, 3.8) is 0 Å². The van der Waals surface area contributed by atoms with Crippen LogP contribution in [0.4, 0.5) is 5.69 Å². The van der Waals surface area contributed by atoms with Gasteiger partial charge in [0.15, 0.2) is 6.10 Å². The second-order valence-corrected chi connectivity index (χ2v) is 7.68. The predicted octanol–water partition coefficient (Wildman–Crippen LogP) is 4.84. The molecule has 2 aromatic rings. The highest BCUT2D eigenvalue weighted by Crippen LogP contribution is 2.29. The Hall–Kier alpha value is -2.82. The fourth-order valence-corrected chi connectivity index (χ4v) is 3.54. The molecule has 0 radical (unpaired) electrons. The normalized spacial score (nSPS) is 15.6. The minimum absolute atomic E-state index is 0.0189. The molecule has 1 saturated heterocycles. The average molecular weight is 395 g/mol. The van der Waals surface area contributed by atoms with Gasteiger partial charge in [0.2, 0.25) is 0 Å². The topological polar surface area (TPSA) is 58.6 Å². The van der Waals surface area contributed by atoms with Crippen molar-refractivity contribution < 1.29 is 14.3 Å². The number of carbonyl (C=O) groups excluding carboxylic acids is 2. The number of hydrogen-bond acceptors (Lipinski definition) is 3. The van der Waals surface area contributed by atoms with E-state index in [1.54, 1.807) is 31.2 Å². The van der Waals surface area contributed by atoms with Gasteiger partial charge in [-0.15, -0.1) is 0 Å². The summed E-state index contributed by atoms with van der Waals surface area (Å²) in [6.45, 7) is 7.62. The fourth-order valence-electron chi connectivity index (χ4n) is 3.54. The number of carbonyl (C=O) groups is 2. The van der Waals surface area contributed by atoms with Crippen LogP contribution in [0.5, 0.6) is 5.75 Å². The van der Waals surface area contributed by atoms with Crippen molar-refractivity contribution in [3.8, 4) is 5.75 Å². The first-order valence-electron chi connectivity index (χ1n) is 10.5. The molecule has 2 atom stereocenters. The molecule has 1 heterocycles. The maximum absolute atomic E-state index is 12.7. The van der Waals surface area contributed by atoms with Gasteiger partial charge in [0.25, 0.3) is 11.8 Å². The van der Waals surface area contributed by atoms with Gasteiger partial charge < -0.3 is 15.0 Å². The smallest absolute Gasteiger partial charge is 0.265 e. The van der Waals surface area contributed by atoms with Crippen LogP contribution in [-0.4, -0.2) is 35.9 Å². The highest BCUT2D eigenvalue weighted by atomic mass is 16.5. The molecule has 0 aliphatic carbocycles. The molecule has 2 amide bonds. The van der Waals surface area contributed by atoms with E-state index in [1.807, 2.05) is 29.2 Å². The molecule has 1 fully saturated rings. The maximum atomic E-state index is 12.7. The molecular weight excluding hydrogens is 364 g/mol. The third kappa shape index (κ3) is 5.17. The summed E-state index contributed by atoms with van der Waals surface area (Å²) in [6, 6.07) is 15.0. The monoisotopic (exact) mass is 394 g/mol. The van der Waals surface area contributed by atoms with Gasteiger partial charge in [0.05, 0.1) is 0 Å². The molecular formula is C24H30N2O3. The first-order valence-corrected chi connectivity index (χ1v) is 10.5. The first-order chi connectivity index (χ1) is 14.0. The molecule has 29 heavy (non-hydrogen) atoms. The van der Waals surface area contributed by atoms with Gasteiger partial charge in [-0.05, 0) is 61.9 Å². The van der Waals surface area contributed by atoms with Crippen molar-refractivity contribution in [1.29, 1.82) is 0 Å². The van der Waals surface area contributed by atoms with Crippen LogP contribution in [0.15, 0.2) is 48.5 Å². The summed E-state index contributed by atoms with van der Waals surface area (Å²) < 4.78 is 5.97. The van der Waals surface area contributed by atoms with Crippen LogP contribution in [0.1, 0.15) is 61.9 Å². The van der Waals surface area contributed by atoms with Crippen molar-refractivity contribution >= 4 is 17.5 Å². The van der Waals surface area contributed by atoms with Crippen LogP contribution >= 0.6 is 0 Å². The Morgan fingerprint density at radius 3 is 2.52 bits per heavy atom. The number of anilines is 1. The average Bonchev–Trinajstić information content (AvgIpc) is 3.28.